The highest BCUT2D eigenvalue weighted by Crippen LogP contribution is 2.33. The molecule has 7 heteroatoms. The van der Waals surface area contributed by atoms with E-state index in [0.717, 1.165) is 5.56 Å². The molecule has 158 valence electrons. The number of amides is 1. The van der Waals surface area contributed by atoms with Crippen LogP contribution in [-0.4, -0.2) is 21.2 Å². The minimum absolute atomic E-state index is 0.0722. The van der Waals surface area contributed by atoms with E-state index in [0.29, 0.717) is 36.3 Å². The van der Waals surface area contributed by atoms with Gasteiger partial charge in [-0.25, -0.2) is 0 Å². The summed E-state index contributed by atoms with van der Waals surface area (Å²) in [5, 5.41) is 2.70. The molecule has 2 N–H and O–H groups in total. The van der Waals surface area contributed by atoms with Gasteiger partial charge >= 0.3 is 0 Å². The molecule has 0 fully saturated rings. The van der Waals surface area contributed by atoms with E-state index in [1.165, 1.54) is 12.1 Å². The third-order valence-corrected chi connectivity index (χ3v) is 5.43. The zero-order chi connectivity index (χ0) is 22.2. The van der Waals surface area contributed by atoms with E-state index in [4.69, 9.17) is 0 Å². The number of benzene rings is 1. The second-order valence-electron chi connectivity index (χ2n) is 8.66. The number of hydrogen-bond donors (Lipinski definition) is 2. The number of nitrogens with zero attached hydrogens (tertiary/aromatic N) is 1. The Labute approximate surface area is 178 Å². The Balaban J connectivity index is 1.52. The number of pyridine rings is 2. The van der Waals surface area contributed by atoms with Gasteiger partial charge in [0.2, 0.25) is 0 Å². The molecule has 0 atom stereocenters. The number of aromatic amines is 1. The highest BCUT2D eigenvalue weighted by atomic mass is 16.2. The third kappa shape index (κ3) is 4.40. The highest BCUT2D eigenvalue weighted by Gasteiger charge is 2.32. The Morgan fingerprint density at radius 1 is 1.06 bits per heavy atom. The lowest BCUT2D eigenvalue weighted by molar-refractivity contribution is 0.0910. The van der Waals surface area contributed by atoms with Crippen molar-refractivity contribution in [1.29, 1.82) is 0 Å². The van der Waals surface area contributed by atoms with E-state index in [-0.39, 0.29) is 22.3 Å². The molecule has 0 radical (unpaired) electrons. The average Bonchev–Trinajstić information content (AvgIpc) is 2.69. The monoisotopic (exact) mass is 417 g/mol. The zero-order valence-corrected chi connectivity index (χ0v) is 17.4. The van der Waals surface area contributed by atoms with Crippen LogP contribution in [0.1, 0.15) is 52.2 Å². The van der Waals surface area contributed by atoms with Gasteiger partial charge in [0.1, 0.15) is 5.56 Å². The molecule has 0 bridgehead atoms. The van der Waals surface area contributed by atoms with Crippen LogP contribution in [0.4, 0.5) is 5.69 Å². The first kappa shape index (κ1) is 20.5. The number of carbonyl (C=O) groups is 2. The molecule has 7 nitrogen and oxygen atoms in total. The van der Waals surface area contributed by atoms with Crippen molar-refractivity contribution in [2.75, 3.05) is 5.32 Å². The van der Waals surface area contributed by atoms with Gasteiger partial charge in [0.15, 0.2) is 5.78 Å². The van der Waals surface area contributed by atoms with Gasteiger partial charge in [-0.3, -0.25) is 19.2 Å². The lowest BCUT2D eigenvalue weighted by Crippen LogP contribution is -2.32. The standard InChI is InChI=1S/C24H23N3O4/c1-24(2)12-19-17(20(28)13-24)11-18(23(31)26-19)22(30)25-16-8-6-15(7-9-16)14-27-10-4-3-5-21(27)29/h3-11H,12-14H2,1-2H3,(H,25,30)(H,26,31). The second-order valence-corrected chi connectivity index (χ2v) is 8.66. The summed E-state index contributed by atoms with van der Waals surface area (Å²) in [5.74, 6) is -0.647. The molecule has 0 spiro atoms. The second kappa shape index (κ2) is 7.83. The molecule has 0 saturated heterocycles. The molecule has 0 aliphatic heterocycles. The minimum Gasteiger partial charge on any atom is -0.325 e. The van der Waals surface area contributed by atoms with Crippen molar-refractivity contribution in [1.82, 2.24) is 9.55 Å². The van der Waals surface area contributed by atoms with Crippen molar-refractivity contribution >= 4 is 17.4 Å². The van der Waals surface area contributed by atoms with Gasteiger partial charge in [-0.1, -0.05) is 32.0 Å². The molecule has 1 amide bonds. The van der Waals surface area contributed by atoms with Crippen LogP contribution >= 0.6 is 0 Å². The maximum absolute atomic E-state index is 12.7. The minimum atomic E-state index is -0.575. The van der Waals surface area contributed by atoms with Crippen LogP contribution in [0.15, 0.2) is 64.3 Å². The van der Waals surface area contributed by atoms with Crippen LogP contribution in [0.2, 0.25) is 0 Å². The molecule has 1 aliphatic rings. The molecule has 2 aromatic heterocycles. The van der Waals surface area contributed by atoms with Crippen molar-refractivity contribution < 1.29 is 9.59 Å². The van der Waals surface area contributed by atoms with Gasteiger partial charge in [0, 0.05) is 35.6 Å². The summed E-state index contributed by atoms with van der Waals surface area (Å²) in [5.41, 5.74) is 1.49. The Morgan fingerprint density at radius 2 is 1.81 bits per heavy atom. The summed E-state index contributed by atoms with van der Waals surface area (Å²) in [6.45, 7) is 4.37. The Bertz CT molecular complexity index is 1280. The Morgan fingerprint density at radius 3 is 2.52 bits per heavy atom. The zero-order valence-electron chi connectivity index (χ0n) is 17.4. The van der Waals surface area contributed by atoms with Crippen LogP contribution in [-0.2, 0) is 13.0 Å². The maximum Gasteiger partial charge on any atom is 0.261 e. The van der Waals surface area contributed by atoms with Gasteiger partial charge in [-0.05, 0) is 41.7 Å². The van der Waals surface area contributed by atoms with E-state index in [9.17, 15) is 19.2 Å². The molecule has 1 aliphatic carbocycles. The topological polar surface area (TPSA) is 101 Å². The SMILES string of the molecule is CC1(C)CC(=O)c2cc(C(=O)Nc3ccc(Cn4ccccc4=O)cc3)c(=O)[nH]c2C1. The van der Waals surface area contributed by atoms with Crippen LogP contribution < -0.4 is 16.4 Å². The van der Waals surface area contributed by atoms with Gasteiger partial charge in [-0.2, -0.15) is 0 Å². The predicted molar refractivity (Wildman–Crippen MR) is 118 cm³/mol. The average molecular weight is 417 g/mol. The van der Waals surface area contributed by atoms with Crippen LogP contribution in [0.5, 0.6) is 0 Å². The molecular weight excluding hydrogens is 394 g/mol. The quantitative estimate of drug-likeness (QED) is 0.681. The summed E-state index contributed by atoms with van der Waals surface area (Å²) in [6, 6.07) is 13.4. The van der Waals surface area contributed by atoms with Gasteiger partial charge in [-0.15, -0.1) is 0 Å². The van der Waals surface area contributed by atoms with E-state index in [1.807, 2.05) is 13.8 Å². The number of anilines is 1. The fraction of sp³-hybridized carbons (Fsp3) is 0.250. The summed E-state index contributed by atoms with van der Waals surface area (Å²) >= 11 is 0. The van der Waals surface area contributed by atoms with E-state index >= 15 is 0 Å². The van der Waals surface area contributed by atoms with Gasteiger partial charge in [0.05, 0.1) is 6.54 Å². The first-order chi connectivity index (χ1) is 14.7. The molecule has 1 aromatic carbocycles. The van der Waals surface area contributed by atoms with E-state index in [2.05, 4.69) is 10.3 Å². The Hall–Kier alpha value is -3.74. The summed E-state index contributed by atoms with van der Waals surface area (Å²) in [4.78, 5) is 52.2. The number of rotatable bonds is 4. The van der Waals surface area contributed by atoms with Gasteiger partial charge in [0.25, 0.3) is 17.0 Å². The summed E-state index contributed by atoms with van der Waals surface area (Å²) in [7, 11) is 0. The maximum atomic E-state index is 12.7. The Kier molecular flexibility index (Phi) is 5.19. The van der Waals surface area contributed by atoms with Crippen molar-refractivity contribution in [3.05, 3.63) is 97.8 Å². The van der Waals surface area contributed by atoms with Crippen molar-refractivity contribution in [3.8, 4) is 0 Å². The molecule has 2 heterocycles. The third-order valence-electron chi connectivity index (χ3n) is 5.43. The number of carbonyl (C=O) groups excluding carboxylic acids is 2. The highest BCUT2D eigenvalue weighted by molar-refractivity contribution is 6.06. The van der Waals surface area contributed by atoms with Crippen molar-refractivity contribution in [2.24, 2.45) is 5.41 Å². The van der Waals surface area contributed by atoms with Crippen LogP contribution in [0.25, 0.3) is 0 Å². The van der Waals surface area contributed by atoms with Crippen molar-refractivity contribution in [3.63, 3.8) is 0 Å². The molecule has 31 heavy (non-hydrogen) atoms. The molecule has 4 rings (SSSR count). The van der Waals surface area contributed by atoms with E-state index in [1.54, 1.807) is 47.2 Å². The van der Waals surface area contributed by atoms with Crippen LogP contribution in [0, 0.1) is 5.41 Å². The largest absolute Gasteiger partial charge is 0.325 e. The number of aromatic nitrogens is 2. The first-order valence-corrected chi connectivity index (χ1v) is 10.1. The predicted octanol–water partition coefficient (Wildman–Crippen LogP) is 2.99. The number of fused-ring (bicyclic) bond motifs is 1. The molecular formula is C24H23N3O4. The number of Topliss-reactive ketones (excluding diaryl/α,β-unsaturated/α-hetero) is 1. The van der Waals surface area contributed by atoms with Crippen LogP contribution in [0.3, 0.4) is 0 Å². The van der Waals surface area contributed by atoms with E-state index < -0.39 is 11.5 Å². The van der Waals surface area contributed by atoms with Crippen molar-refractivity contribution in [2.45, 2.75) is 33.2 Å². The lowest BCUT2D eigenvalue weighted by atomic mass is 9.75. The number of H-pyrrole nitrogens is 1. The molecule has 0 unspecified atom stereocenters. The first-order valence-electron chi connectivity index (χ1n) is 10.1. The summed E-state index contributed by atoms with van der Waals surface area (Å²) < 4.78 is 1.58. The normalized spacial score (nSPS) is 14.7. The lowest BCUT2D eigenvalue weighted by Gasteiger charge is -2.29. The fourth-order valence-electron chi connectivity index (χ4n) is 3.88. The molecule has 0 saturated carbocycles. The fourth-order valence-corrected chi connectivity index (χ4v) is 3.88. The summed E-state index contributed by atoms with van der Waals surface area (Å²) in [6.07, 6.45) is 2.67. The smallest absolute Gasteiger partial charge is 0.261 e. The number of hydrogen-bond acceptors (Lipinski definition) is 4. The number of ketones is 1. The molecule has 3 aromatic rings. The number of nitrogens with one attached hydrogen (secondary N) is 2. The van der Waals surface area contributed by atoms with Gasteiger partial charge < -0.3 is 14.9 Å².